The highest BCUT2D eigenvalue weighted by molar-refractivity contribution is 5.94. The number of ether oxygens (including phenoxy) is 1. The third-order valence-corrected chi connectivity index (χ3v) is 2.67. The smallest absolute Gasteiger partial charge is 0.241 e. The van der Waals surface area contributed by atoms with Crippen LogP contribution >= 0.6 is 0 Å². The van der Waals surface area contributed by atoms with E-state index in [1.54, 1.807) is 25.6 Å². The first-order valence-electron chi connectivity index (χ1n) is 5.26. The van der Waals surface area contributed by atoms with Crippen LogP contribution in [0.3, 0.4) is 0 Å². The molecule has 2 atom stereocenters. The van der Waals surface area contributed by atoms with Crippen molar-refractivity contribution in [3.8, 4) is 0 Å². The second-order valence-corrected chi connectivity index (χ2v) is 3.79. The van der Waals surface area contributed by atoms with E-state index in [1.807, 2.05) is 6.07 Å². The molecule has 0 unspecified atom stereocenters. The van der Waals surface area contributed by atoms with Gasteiger partial charge in [-0.3, -0.25) is 9.78 Å². The molecule has 0 aromatic carbocycles. The molecule has 1 amide bonds. The average Bonchev–Trinajstić information content (AvgIpc) is 2.79. The van der Waals surface area contributed by atoms with Crippen LogP contribution in [0.1, 0.15) is 6.42 Å². The van der Waals surface area contributed by atoms with Crippen molar-refractivity contribution in [1.82, 2.24) is 10.3 Å². The van der Waals surface area contributed by atoms with E-state index in [4.69, 9.17) is 4.74 Å². The number of anilines is 1. The molecule has 5 nitrogen and oxygen atoms in total. The minimum atomic E-state index is -0.176. The first-order chi connectivity index (χ1) is 7.79. The van der Waals surface area contributed by atoms with E-state index in [-0.39, 0.29) is 18.1 Å². The van der Waals surface area contributed by atoms with Crippen LogP contribution in [0.4, 0.5) is 5.69 Å². The summed E-state index contributed by atoms with van der Waals surface area (Å²) in [7, 11) is 1.66. The quantitative estimate of drug-likeness (QED) is 0.775. The number of nitrogens with one attached hydrogen (secondary N) is 2. The Morgan fingerprint density at radius 1 is 1.69 bits per heavy atom. The third-order valence-electron chi connectivity index (χ3n) is 2.67. The average molecular weight is 221 g/mol. The van der Waals surface area contributed by atoms with Crippen LogP contribution in [0.15, 0.2) is 24.5 Å². The molecule has 1 saturated heterocycles. The maximum absolute atomic E-state index is 11.8. The SMILES string of the molecule is CO[C@@H]1CN[C@H](C(=O)Nc2cccnc2)C1. The second-order valence-electron chi connectivity index (χ2n) is 3.79. The van der Waals surface area contributed by atoms with Crippen molar-refractivity contribution in [1.29, 1.82) is 0 Å². The molecule has 0 radical (unpaired) electrons. The van der Waals surface area contributed by atoms with Crippen LogP contribution in [-0.2, 0) is 9.53 Å². The molecular weight excluding hydrogens is 206 g/mol. The van der Waals surface area contributed by atoms with Crippen LogP contribution in [0.5, 0.6) is 0 Å². The number of nitrogens with zero attached hydrogens (tertiary/aromatic N) is 1. The first-order valence-corrected chi connectivity index (χ1v) is 5.26. The van der Waals surface area contributed by atoms with Gasteiger partial charge in [0.1, 0.15) is 0 Å². The van der Waals surface area contributed by atoms with Crippen LogP contribution < -0.4 is 10.6 Å². The third kappa shape index (κ3) is 2.56. The fraction of sp³-hybridized carbons (Fsp3) is 0.455. The highest BCUT2D eigenvalue weighted by Crippen LogP contribution is 2.12. The zero-order chi connectivity index (χ0) is 11.4. The molecule has 1 aromatic rings. The lowest BCUT2D eigenvalue weighted by molar-refractivity contribution is -0.118. The van der Waals surface area contributed by atoms with Crippen molar-refractivity contribution in [3.05, 3.63) is 24.5 Å². The topological polar surface area (TPSA) is 63.2 Å². The van der Waals surface area contributed by atoms with Gasteiger partial charge >= 0.3 is 0 Å². The Hall–Kier alpha value is -1.46. The molecule has 5 heteroatoms. The Bertz CT molecular complexity index is 356. The van der Waals surface area contributed by atoms with Crippen LogP contribution in [0.25, 0.3) is 0 Å². The maximum atomic E-state index is 11.8. The molecule has 2 heterocycles. The van der Waals surface area contributed by atoms with Gasteiger partial charge in [0.25, 0.3) is 0 Å². The highest BCUT2D eigenvalue weighted by atomic mass is 16.5. The number of hydrogen-bond donors (Lipinski definition) is 2. The van der Waals surface area contributed by atoms with Crippen molar-refractivity contribution < 1.29 is 9.53 Å². The maximum Gasteiger partial charge on any atom is 0.241 e. The lowest BCUT2D eigenvalue weighted by atomic mass is 10.2. The normalized spacial score (nSPS) is 24.3. The van der Waals surface area contributed by atoms with Crippen LogP contribution in [-0.4, -0.2) is 36.7 Å². The molecule has 1 aliphatic rings. The number of amides is 1. The number of carbonyl (C=O) groups excluding carboxylic acids is 1. The van der Waals surface area contributed by atoms with Crippen LogP contribution in [0.2, 0.25) is 0 Å². The Balaban J connectivity index is 1.90. The van der Waals surface area contributed by atoms with Gasteiger partial charge in [-0.05, 0) is 18.6 Å². The molecular formula is C11H15N3O2. The van der Waals surface area contributed by atoms with Gasteiger partial charge in [0.15, 0.2) is 0 Å². The molecule has 2 rings (SSSR count). The van der Waals surface area contributed by atoms with E-state index in [2.05, 4.69) is 15.6 Å². The van der Waals surface area contributed by atoms with Crippen molar-refractivity contribution in [2.75, 3.05) is 19.0 Å². The lowest BCUT2D eigenvalue weighted by Crippen LogP contribution is -2.35. The van der Waals surface area contributed by atoms with Gasteiger partial charge in [0.05, 0.1) is 24.0 Å². The molecule has 16 heavy (non-hydrogen) atoms. The summed E-state index contributed by atoms with van der Waals surface area (Å²) in [6.07, 6.45) is 4.14. The van der Waals surface area contributed by atoms with Crippen molar-refractivity contribution >= 4 is 11.6 Å². The van der Waals surface area contributed by atoms with E-state index in [9.17, 15) is 4.79 Å². The van der Waals surface area contributed by atoms with Gasteiger partial charge in [-0.25, -0.2) is 0 Å². The van der Waals surface area contributed by atoms with Crippen LogP contribution in [0, 0.1) is 0 Å². The highest BCUT2D eigenvalue weighted by Gasteiger charge is 2.29. The second kappa shape index (κ2) is 5.05. The predicted octanol–water partition coefficient (Wildman–Crippen LogP) is 0.397. The monoisotopic (exact) mass is 221 g/mol. The molecule has 86 valence electrons. The molecule has 0 saturated carbocycles. The van der Waals surface area contributed by atoms with E-state index in [0.717, 1.165) is 12.2 Å². The molecule has 0 bridgehead atoms. The Morgan fingerprint density at radius 3 is 3.19 bits per heavy atom. The predicted molar refractivity (Wildman–Crippen MR) is 60.1 cm³/mol. The van der Waals surface area contributed by atoms with E-state index < -0.39 is 0 Å². The number of pyridine rings is 1. The largest absolute Gasteiger partial charge is 0.380 e. The summed E-state index contributed by atoms with van der Waals surface area (Å²) in [5, 5.41) is 5.93. The Morgan fingerprint density at radius 2 is 2.56 bits per heavy atom. The summed E-state index contributed by atoms with van der Waals surface area (Å²) >= 11 is 0. The van der Waals surface area contributed by atoms with Gasteiger partial charge < -0.3 is 15.4 Å². The molecule has 0 spiro atoms. The van der Waals surface area contributed by atoms with E-state index in [1.165, 1.54) is 0 Å². The molecule has 2 N–H and O–H groups in total. The van der Waals surface area contributed by atoms with Gasteiger partial charge in [-0.15, -0.1) is 0 Å². The molecule has 0 aliphatic carbocycles. The first kappa shape index (κ1) is 11.0. The summed E-state index contributed by atoms with van der Waals surface area (Å²) in [5.74, 6) is -0.0347. The van der Waals surface area contributed by atoms with Crippen molar-refractivity contribution in [2.24, 2.45) is 0 Å². The lowest BCUT2D eigenvalue weighted by Gasteiger charge is -2.10. The summed E-state index contributed by atoms with van der Waals surface area (Å²) < 4.78 is 5.19. The van der Waals surface area contributed by atoms with Crippen molar-refractivity contribution in [2.45, 2.75) is 18.6 Å². The summed E-state index contributed by atoms with van der Waals surface area (Å²) in [5.41, 5.74) is 0.718. The number of aromatic nitrogens is 1. The summed E-state index contributed by atoms with van der Waals surface area (Å²) in [6, 6.07) is 3.42. The minimum Gasteiger partial charge on any atom is -0.380 e. The summed E-state index contributed by atoms with van der Waals surface area (Å²) in [6.45, 7) is 0.724. The van der Waals surface area contributed by atoms with Gasteiger partial charge in [0.2, 0.25) is 5.91 Å². The minimum absolute atomic E-state index is 0.0347. The van der Waals surface area contributed by atoms with Crippen molar-refractivity contribution in [3.63, 3.8) is 0 Å². The number of methoxy groups -OCH3 is 1. The summed E-state index contributed by atoms with van der Waals surface area (Å²) in [4.78, 5) is 15.8. The standard InChI is InChI=1S/C11H15N3O2/c1-16-9-5-10(13-7-9)11(15)14-8-3-2-4-12-6-8/h2-4,6,9-10,13H,5,7H2,1H3,(H,14,15)/t9-,10-/m0/s1. The number of hydrogen-bond acceptors (Lipinski definition) is 4. The van der Waals surface area contributed by atoms with Gasteiger partial charge in [-0.1, -0.05) is 0 Å². The van der Waals surface area contributed by atoms with E-state index >= 15 is 0 Å². The molecule has 1 fully saturated rings. The van der Waals surface area contributed by atoms with E-state index in [0.29, 0.717) is 6.42 Å². The Kier molecular flexibility index (Phi) is 3.48. The van der Waals surface area contributed by atoms with Gasteiger partial charge in [-0.2, -0.15) is 0 Å². The fourth-order valence-corrected chi connectivity index (χ4v) is 1.75. The molecule has 1 aliphatic heterocycles. The number of carbonyl (C=O) groups is 1. The zero-order valence-electron chi connectivity index (χ0n) is 9.14. The molecule has 1 aromatic heterocycles. The van der Waals surface area contributed by atoms with Gasteiger partial charge in [0, 0.05) is 19.9 Å². The number of rotatable bonds is 3. The Labute approximate surface area is 94.2 Å². The fourth-order valence-electron chi connectivity index (χ4n) is 1.75. The zero-order valence-corrected chi connectivity index (χ0v) is 9.14.